The van der Waals surface area contributed by atoms with Crippen LogP contribution in [0.3, 0.4) is 0 Å². The van der Waals surface area contributed by atoms with E-state index in [0.717, 1.165) is 28.2 Å². The molecule has 5 rings (SSSR count). The predicted molar refractivity (Wildman–Crippen MR) is 171 cm³/mol. The van der Waals surface area contributed by atoms with E-state index < -0.39 is 0 Å². The minimum Gasteiger partial charge on any atom is -0.324 e. The molecule has 0 aliphatic rings. The van der Waals surface area contributed by atoms with Crippen molar-refractivity contribution in [2.24, 2.45) is 10.2 Å². The molecule has 3 aromatic heterocycles. The molecule has 0 unspecified atom stereocenters. The second-order valence-electron chi connectivity index (χ2n) is 9.45. The number of hydrogen-bond donors (Lipinski definition) is 3. The molecular formula is C32H30N10O. The van der Waals surface area contributed by atoms with Gasteiger partial charge >= 0.3 is 0 Å². The summed E-state index contributed by atoms with van der Waals surface area (Å²) < 4.78 is 0. The number of anilines is 5. The number of aromatic nitrogens is 4. The van der Waals surface area contributed by atoms with Gasteiger partial charge in [-0.1, -0.05) is 18.2 Å². The van der Waals surface area contributed by atoms with Gasteiger partial charge in [-0.25, -0.2) is 0 Å². The largest absolute Gasteiger partial charge is 0.324 e. The molecular weight excluding hydrogens is 540 g/mol. The maximum absolute atomic E-state index is 13.0. The summed E-state index contributed by atoms with van der Waals surface area (Å²) in [5.74, 6) is 1.08. The van der Waals surface area contributed by atoms with Crippen LogP contribution in [-0.4, -0.2) is 44.3 Å². The summed E-state index contributed by atoms with van der Waals surface area (Å²) in [5, 5.41) is 12.2. The lowest BCUT2D eigenvalue weighted by molar-refractivity contribution is 0.0993. The van der Waals surface area contributed by atoms with Gasteiger partial charge in [0.1, 0.15) is 0 Å². The third kappa shape index (κ3) is 7.61. The van der Waals surface area contributed by atoms with E-state index in [1.165, 1.54) is 0 Å². The standard InChI is InChI=1S/C32H30N10O/c1-22(24-13-17-33-18-14-24)38-40-29-21-30(41-39-23(2)25-15-19-34-20-16-25)37-32(36-29)35-27-11-9-26(10-12-27)31(43)42(3)28-7-5-4-6-8-28/h4-21H,1-3H3,(H3,35,36,37,40,41). The van der Waals surface area contributed by atoms with Gasteiger partial charge in [-0.15, -0.1) is 0 Å². The Balaban J connectivity index is 1.36. The maximum Gasteiger partial charge on any atom is 0.258 e. The summed E-state index contributed by atoms with van der Waals surface area (Å²) in [6.45, 7) is 3.78. The second-order valence-corrected chi connectivity index (χ2v) is 9.45. The molecule has 2 aromatic carbocycles. The van der Waals surface area contributed by atoms with E-state index in [4.69, 9.17) is 0 Å². The second kappa shape index (κ2) is 13.6. The van der Waals surface area contributed by atoms with Crippen molar-refractivity contribution >= 4 is 46.3 Å². The Kier molecular flexibility index (Phi) is 9.03. The Hall–Kier alpha value is -5.97. The summed E-state index contributed by atoms with van der Waals surface area (Å²) >= 11 is 0. The number of pyridine rings is 2. The maximum atomic E-state index is 13.0. The van der Waals surface area contributed by atoms with Crippen molar-refractivity contribution in [3.8, 4) is 0 Å². The Morgan fingerprint density at radius 3 is 1.70 bits per heavy atom. The van der Waals surface area contributed by atoms with Gasteiger partial charge in [0, 0.05) is 66.0 Å². The Morgan fingerprint density at radius 2 is 1.19 bits per heavy atom. The molecule has 1 amide bonds. The molecule has 11 heteroatoms. The van der Waals surface area contributed by atoms with E-state index in [1.54, 1.807) is 67.1 Å². The van der Waals surface area contributed by atoms with Gasteiger partial charge in [0.25, 0.3) is 5.91 Å². The highest BCUT2D eigenvalue weighted by atomic mass is 16.2. The Bertz CT molecular complexity index is 1650. The average molecular weight is 571 g/mol. The SMILES string of the molecule is CC(=NNc1cc(NN=C(C)c2ccncc2)nc(Nc2ccc(C(=O)N(C)c3ccccc3)cc2)n1)c1ccncc1. The van der Waals surface area contributed by atoms with Crippen molar-refractivity contribution in [1.82, 2.24) is 19.9 Å². The van der Waals surface area contributed by atoms with Crippen LogP contribution in [-0.2, 0) is 0 Å². The lowest BCUT2D eigenvalue weighted by atomic mass is 10.1. The molecule has 0 fully saturated rings. The first-order valence-corrected chi connectivity index (χ1v) is 13.5. The van der Waals surface area contributed by atoms with Crippen molar-refractivity contribution in [1.29, 1.82) is 0 Å². The molecule has 0 atom stereocenters. The molecule has 0 saturated heterocycles. The molecule has 0 aliphatic carbocycles. The molecule has 0 bridgehead atoms. The molecule has 0 saturated carbocycles. The van der Waals surface area contributed by atoms with Crippen molar-refractivity contribution in [3.63, 3.8) is 0 Å². The van der Waals surface area contributed by atoms with Gasteiger partial charge in [0.2, 0.25) is 5.95 Å². The fourth-order valence-electron chi connectivity index (χ4n) is 4.00. The lowest BCUT2D eigenvalue weighted by Crippen LogP contribution is -2.26. The molecule has 0 radical (unpaired) electrons. The minimum absolute atomic E-state index is 0.114. The third-order valence-corrected chi connectivity index (χ3v) is 6.43. The lowest BCUT2D eigenvalue weighted by Gasteiger charge is -2.17. The molecule has 5 aromatic rings. The zero-order valence-electron chi connectivity index (χ0n) is 23.9. The number of rotatable bonds is 10. The number of hydrogen-bond acceptors (Lipinski definition) is 10. The van der Waals surface area contributed by atoms with Gasteiger partial charge in [-0.2, -0.15) is 20.2 Å². The van der Waals surface area contributed by atoms with Gasteiger partial charge < -0.3 is 10.2 Å². The topological polar surface area (TPSA) is 133 Å². The monoisotopic (exact) mass is 570 g/mol. The summed E-state index contributed by atoms with van der Waals surface area (Å²) in [5.41, 5.74) is 11.5. The van der Waals surface area contributed by atoms with Gasteiger partial charge in [-0.05, 0) is 74.5 Å². The van der Waals surface area contributed by atoms with E-state index in [1.807, 2.05) is 68.4 Å². The Labute approximate surface area is 249 Å². The van der Waals surface area contributed by atoms with E-state index >= 15 is 0 Å². The number of carbonyl (C=O) groups excluding carboxylic acids is 1. The fraction of sp³-hybridized carbons (Fsp3) is 0.0938. The van der Waals surface area contributed by atoms with Crippen LogP contribution in [0, 0.1) is 0 Å². The summed E-state index contributed by atoms with van der Waals surface area (Å²) in [7, 11) is 1.75. The van der Waals surface area contributed by atoms with Gasteiger partial charge in [-0.3, -0.25) is 25.6 Å². The first kappa shape index (κ1) is 28.6. The molecule has 3 heterocycles. The zero-order valence-corrected chi connectivity index (χ0v) is 23.9. The van der Waals surface area contributed by atoms with Crippen molar-refractivity contribution in [2.75, 3.05) is 28.1 Å². The zero-order chi connectivity index (χ0) is 30.0. The highest BCUT2D eigenvalue weighted by molar-refractivity contribution is 6.06. The number of benzene rings is 2. The molecule has 0 spiro atoms. The fourth-order valence-corrected chi connectivity index (χ4v) is 4.00. The summed E-state index contributed by atoms with van der Waals surface area (Å²) in [4.78, 5) is 31.9. The van der Waals surface area contributed by atoms with Crippen molar-refractivity contribution in [3.05, 3.63) is 126 Å². The first-order valence-electron chi connectivity index (χ1n) is 13.5. The van der Waals surface area contributed by atoms with Crippen LogP contribution in [0.15, 0.2) is 120 Å². The first-order chi connectivity index (χ1) is 21.0. The number of carbonyl (C=O) groups is 1. The van der Waals surface area contributed by atoms with Crippen LogP contribution in [0.1, 0.15) is 35.3 Å². The molecule has 214 valence electrons. The quantitative estimate of drug-likeness (QED) is 0.138. The molecule has 43 heavy (non-hydrogen) atoms. The van der Waals surface area contributed by atoms with Crippen LogP contribution in [0.25, 0.3) is 0 Å². The highest BCUT2D eigenvalue weighted by Gasteiger charge is 2.13. The number of amides is 1. The number of nitrogens with zero attached hydrogens (tertiary/aromatic N) is 7. The third-order valence-electron chi connectivity index (χ3n) is 6.43. The van der Waals surface area contributed by atoms with Gasteiger partial charge in [0.05, 0.1) is 11.4 Å². The van der Waals surface area contributed by atoms with E-state index in [-0.39, 0.29) is 5.91 Å². The highest BCUT2D eigenvalue weighted by Crippen LogP contribution is 2.21. The predicted octanol–water partition coefficient (Wildman–Crippen LogP) is 5.96. The molecule has 3 N–H and O–H groups in total. The minimum atomic E-state index is -0.114. The summed E-state index contributed by atoms with van der Waals surface area (Å²) in [6.07, 6.45) is 6.85. The van der Waals surface area contributed by atoms with E-state index in [0.29, 0.717) is 28.8 Å². The average Bonchev–Trinajstić information content (AvgIpc) is 3.07. The van der Waals surface area contributed by atoms with Crippen LogP contribution < -0.4 is 21.1 Å². The van der Waals surface area contributed by atoms with Crippen LogP contribution in [0.5, 0.6) is 0 Å². The van der Waals surface area contributed by atoms with Gasteiger partial charge in [0.15, 0.2) is 11.6 Å². The number of nitrogens with one attached hydrogen (secondary N) is 3. The molecule has 11 nitrogen and oxygen atoms in total. The van der Waals surface area contributed by atoms with Crippen LogP contribution >= 0.6 is 0 Å². The Morgan fingerprint density at radius 1 is 0.674 bits per heavy atom. The van der Waals surface area contributed by atoms with Crippen molar-refractivity contribution < 1.29 is 4.79 Å². The number of hydrazone groups is 2. The van der Waals surface area contributed by atoms with Crippen LogP contribution in [0.2, 0.25) is 0 Å². The van der Waals surface area contributed by atoms with E-state index in [9.17, 15) is 4.79 Å². The normalized spacial score (nSPS) is 11.5. The molecule has 0 aliphatic heterocycles. The number of para-hydroxylation sites is 1. The van der Waals surface area contributed by atoms with Crippen LogP contribution in [0.4, 0.5) is 29.0 Å². The van der Waals surface area contributed by atoms with Crippen molar-refractivity contribution in [2.45, 2.75) is 13.8 Å². The smallest absolute Gasteiger partial charge is 0.258 e. The summed E-state index contributed by atoms with van der Waals surface area (Å²) in [6, 6.07) is 25.8. The van der Waals surface area contributed by atoms with E-state index in [2.05, 4.69) is 46.3 Å².